The fraction of sp³-hybridized carbons (Fsp3) is 0.316. The number of aromatic nitrogens is 3. The summed E-state index contributed by atoms with van der Waals surface area (Å²) in [5.41, 5.74) is 9.71. The van der Waals surface area contributed by atoms with Crippen LogP contribution in [0.25, 0.3) is 11.0 Å². The number of fused-ring (bicyclic) bond motifs is 1. The van der Waals surface area contributed by atoms with Crippen LogP contribution in [0.4, 0.5) is 5.95 Å². The molecule has 1 unspecified atom stereocenters. The van der Waals surface area contributed by atoms with Crippen LogP contribution >= 0.6 is 0 Å². The van der Waals surface area contributed by atoms with Crippen LogP contribution in [0.5, 0.6) is 0 Å². The lowest BCUT2D eigenvalue weighted by atomic mass is 10.1. The first-order valence-electron chi connectivity index (χ1n) is 8.55. The van der Waals surface area contributed by atoms with Gasteiger partial charge in [0, 0.05) is 25.3 Å². The van der Waals surface area contributed by atoms with E-state index in [-0.39, 0.29) is 6.04 Å². The maximum Gasteiger partial charge on any atom is 0.206 e. The standard InChI is InChI=1S/C19H20N6/c20-10-14-7-8-16(22-11-14)13-25-18-6-2-1-5-17(18)23-19(25)24-9-3-4-15(21)12-24/h1-2,5-8,11,15H,3-4,9,12-13,21H2. The van der Waals surface area contributed by atoms with Crippen LogP contribution < -0.4 is 10.6 Å². The Morgan fingerprint density at radius 2 is 2.12 bits per heavy atom. The van der Waals surface area contributed by atoms with Gasteiger partial charge in [0.1, 0.15) is 6.07 Å². The Morgan fingerprint density at radius 3 is 2.88 bits per heavy atom. The molecule has 6 nitrogen and oxygen atoms in total. The topological polar surface area (TPSA) is 83.8 Å². The molecular weight excluding hydrogens is 312 g/mol. The first-order chi connectivity index (χ1) is 12.2. The molecule has 1 aliphatic heterocycles. The number of rotatable bonds is 3. The van der Waals surface area contributed by atoms with Crippen molar-refractivity contribution in [1.29, 1.82) is 5.26 Å². The molecule has 126 valence electrons. The zero-order valence-electron chi connectivity index (χ0n) is 14.0. The van der Waals surface area contributed by atoms with Gasteiger partial charge in [-0.25, -0.2) is 4.98 Å². The van der Waals surface area contributed by atoms with E-state index in [1.54, 1.807) is 12.3 Å². The van der Waals surface area contributed by atoms with E-state index in [1.165, 1.54) is 0 Å². The van der Waals surface area contributed by atoms with Gasteiger partial charge in [0.05, 0.1) is 28.8 Å². The number of nitrogens with two attached hydrogens (primary N) is 1. The zero-order valence-corrected chi connectivity index (χ0v) is 14.0. The second kappa shape index (κ2) is 6.54. The van der Waals surface area contributed by atoms with E-state index in [1.807, 2.05) is 24.3 Å². The van der Waals surface area contributed by atoms with Gasteiger partial charge >= 0.3 is 0 Å². The normalized spacial score (nSPS) is 17.6. The van der Waals surface area contributed by atoms with E-state index in [0.717, 1.165) is 48.6 Å². The minimum Gasteiger partial charge on any atom is -0.341 e. The molecule has 2 N–H and O–H groups in total. The lowest BCUT2D eigenvalue weighted by Gasteiger charge is -2.32. The lowest BCUT2D eigenvalue weighted by Crippen LogP contribution is -2.44. The number of hydrogen-bond donors (Lipinski definition) is 1. The average Bonchev–Trinajstić information content (AvgIpc) is 3.01. The number of piperidine rings is 1. The van der Waals surface area contributed by atoms with Gasteiger partial charge in [-0.15, -0.1) is 0 Å². The highest BCUT2D eigenvalue weighted by Crippen LogP contribution is 2.25. The number of pyridine rings is 1. The molecule has 6 heteroatoms. The third-order valence-corrected chi connectivity index (χ3v) is 4.65. The number of hydrogen-bond acceptors (Lipinski definition) is 5. The van der Waals surface area contributed by atoms with Gasteiger partial charge in [0.25, 0.3) is 0 Å². The van der Waals surface area contributed by atoms with Gasteiger partial charge in [-0.3, -0.25) is 4.98 Å². The molecule has 1 atom stereocenters. The second-order valence-corrected chi connectivity index (χ2v) is 6.49. The monoisotopic (exact) mass is 332 g/mol. The molecule has 3 heterocycles. The Hall–Kier alpha value is -2.91. The molecule has 2 aromatic heterocycles. The highest BCUT2D eigenvalue weighted by atomic mass is 15.3. The van der Waals surface area contributed by atoms with E-state index < -0.39 is 0 Å². The van der Waals surface area contributed by atoms with Crippen molar-refractivity contribution in [2.75, 3.05) is 18.0 Å². The predicted molar refractivity (Wildman–Crippen MR) is 97.2 cm³/mol. The number of anilines is 1. The minimum absolute atomic E-state index is 0.190. The zero-order chi connectivity index (χ0) is 17.2. The first kappa shape index (κ1) is 15.6. The summed E-state index contributed by atoms with van der Waals surface area (Å²) in [5.74, 6) is 0.947. The molecule has 0 saturated carbocycles. The number of para-hydroxylation sites is 2. The third kappa shape index (κ3) is 3.06. The van der Waals surface area contributed by atoms with Gasteiger partial charge in [-0.2, -0.15) is 5.26 Å². The van der Waals surface area contributed by atoms with Crippen molar-refractivity contribution in [1.82, 2.24) is 14.5 Å². The number of imidazole rings is 1. The van der Waals surface area contributed by atoms with Gasteiger partial charge < -0.3 is 15.2 Å². The third-order valence-electron chi connectivity index (χ3n) is 4.65. The van der Waals surface area contributed by atoms with Gasteiger partial charge in [-0.05, 0) is 37.1 Å². The molecule has 1 aromatic carbocycles. The van der Waals surface area contributed by atoms with E-state index in [4.69, 9.17) is 16.0 Å². The molecule has 1 saturated heterocycles. The highest BCUT2D eigenvalue weighted by Gasteiger charge is 2.22. The van der Waals surface area contributed by atoms with Crippen LogP contribution in [0.1, 0.15) is 24.1 Å². The van der Waals surface area contributed by atoms with Crippen molar-refractivity contribution in [3.63, 3.8) is 0 Å². The van der Waals surface area contributed by atoms with Crippen molar-refractivity contribution in [3.8, 4) is 6.07 Å². The number of benzene rings is 1. The van der Waals surface area contributed by atoms with Crippen molar-refractivity contribution in [2.45, 2.75) is 25.4 Å². The molecule has 4 rings (SSSR count). The van der Waals surface area contributed by atoms with Gasteiger partial charge in [0.15, 0.2) is 0 Å². The average molecular weight is 332 g/mol. The minimum atomic E-state index is 0.190. The summed E-state index contributed by atoms with van der Waals surface area (Å²) in [6, 6.07) is 14.1. The fourth-order valence-corrected chi connectivity index (χ4v) is 3.40. The van der Waals surface area contributed by atoms with Crippen LogP contribution in [0.15, 0.2) is 42.6 Å². The molecule has 1 aliphatic rings. The largest absolute Gasteiger partial charge is 0.341 e. The first-order valence-corrected chi connectivity index (χ1v) is 8.55. The molecule has 0 amide bonds. The smallest absolute Gasteiger partial charge is 0.206 e. The van der Waals surface area contributed by atoms with Crippen LogP contribution in [0.3, 0.4) is 0 Å². The molecule has 1 fully saturated rings. The molecule has 0 bridgehead atoms. The van der Waals surface area contributed by atoms with Gasteiger partial charge in [-0.1, -0.05) is 12.1 Å². The Kier molecular flexibility index (Phi) is 4.08. The SMILES string of the molecule is N#Cc1ccc(Cn2c(N3CCCC(N)C3)nc3ccccc32)nc1. The van der Waals surface area contributed by atoms with Crippen LogP contribution in [-0.2, 0) is 6.54 Å². The van der Waals surface area contributed by atoms with Crippen LogP contribution in [0, 0.1) is 11.3 Å². The van der Waals surface area contributed by atoms with Crippen LogP contribution in [0.2, 0.25) is 0 Å². The number of nitriles is 1. The molecule has 0 aliphatic carbocycles. The highest BCUT2D eigenvalue weighted by molar-refractivity contribution is 5.79. The van der Waals surface area contributed by atoms with Crippen molar-refractivity contribution in [3.05, 3.63) is 53.9 Å². The van der Waals surface area contributed by atoms with E-state index in [9.17, 15) is 0 Å². The maximum atomic E-state index is 8.94. The molecule has 25 heavy (non-hydrogen) atoms. The summed E-state index contributed by atoms with van der Waals surface area (Å²) in [7, 11) is 0. The van der Waals surface area contributed by atoms with E-state index in [0.29, 0.717) is 12.1 Å². The van der Waals surface area contributed by atoms with Crippen molar-refractivity contribution < 1.29 is 0 Å². The van der Waals surface area contributed by atoms with Crippen LogP contribution in [-0.4, -0.2) is 33.7 Å². The summed E-state index contributed by atoms with van der Waals surface area (Å²) in [6.07, 6.45) is 3.76. The summed E-state index contributed by atoms with van der Waals surface area (Å²) in [4.78, 5) is 11.5. The Balaban J connectivity index is 1.74. The lowest BCUT2D eigenvalue weighted by molar-refractivity contribution is 0.495. The summed E-state index contributed by atoms with van der Waals surface area (Å²) < 4.78 is 2.20. The predicted octanol–water partition coefficient (Wildman–Crippen LogP) is 2.28. The fourth-order valence-electron chi connectivity index (χ4n) is 3.40. The second-order valence-electron chi connectivity index (χ2n) is 6.49. The molecule has 0 spiro atoms. The summed E-state index contributed by atoms with van der Waals surface area (Å²) in [5, 5.41) is 8.94. The Labute approximate surface area is 146 Å². The number of nitrogens with zero attached hydrogens (tertiary/aromatic N) is 5. The Bertz CT molecular complexity index is 921. The maximum absolute atomic E-state index is 8.94. The van der Waals surface area contributed by atoms with Crippen molar-refractivity contribution >= 4 is 17.0 Å². The summed E-state index contributed by atoms with van der Waals surface area (Å²) >= 11 is 0. The van der Waals surface area contributed by atoms with E-state index in [2.05, 4.69) is 26.6 Å². The van der Waals surface area contributed by atoms with E-state index >= 15 is 0 Å². The van der Waals surface area contributed by atoms with Crippen molar-refractivity contribution in [2.24, 2.45) is 5.73 Å². The summed E-state index contributed by atoms with van der Waals surface area (Å²) in [6.45, 7) is 2.41. The molecule has 0 radical (unpaired) electrons. The molecular formula is C19H20N6. The van der Waals surface area contributed by atoms with Gasteiger partial charge in [0.2, 0.25) is 5.95 Å². The Morgan fingerprint density at radius 1 is 1.24 bits per heavy atom. The quantitative estimate of drug-likeness (QED) is 0.795. The molecule has 3 aromatic rings.